The Kier molecular flexibility index (Phi) is 9.06. The highest BCUT2D eigenvalue weighted by Gasteiger charge is 2.15. The number of aliphatic carboxylic acids is 1. The zero-order valence-electron chi connectivity index (χ0n) is 17.3. The molecule has 3 N–H and O–H groups in total. The van der Waals surface area contributed by atoms with Gasteiger partial charge in [-0.25, -0.2) is 9.78 Å². The van der Waals surface area contributed by atoms with E-state index in [1.807, 2.05) is 10.8 Å². The number of hydrogen-bond acceptors (Lipinski definition) is 7. The fraction of sp³-hybridized carbons (Fsp3) is 0.227. The summed E-state index contributed by atoms with van der Waals surface area (Å²) in [5.41, 5.74) is 6.56. The minimum absolute atomic E-state index is 0. The maximum atomic E-state index is 12.5. The molecular formula is C22H24ClN3O6. The number of carboxylic acids is 1. The molecule has 0 aliphatic carbocycles. The molecule has 0 aliphatic heterocycles. The summed E-state index contributed by atoms with van der Waals surface area (Å²) in [6, 6.07) is 10.3. The zero-order chi connectivity index (χ0) is 22.2. The van der Waals surface area contributed by atoms with E-state index in [0.29, 0.717) is 36.0 Å². The summed E-state index contributed by atoms with van der Waals surface area (Å²) in [6.07, 6.45) is 5.42. The largest absolute Gasteiger partial charge is 0.493 e. The maximum Gasteiger partial charge on any atom is 0.343 e. The smallest absolute Gasteiger partial charge is 0.343 e. The Bertz CT molecular complexity index is 1020. The zero-order valence-corrected chi connectivity index (χ0v) is 18.2. The number of halogens is 1. The highest BCUT2D eigenvalue weighted by atomic mass is 35.5. The van der Waals surface area contributed by atoms with E-state index in [9.17, 15) is 9.59 Å². The molecular weight excluding hydrogens is 438 g/mol. The number of carboxylic acid groups (broad SMARTS) is 1. The molecule has 0 aliphatic rings. The summed E-state index contributed by atoms with van der Waals surface area (Å²) in [5, 5.41) is 8.88. The molecule has 0 unspecified atom stereocenters. The first-order valence-electron chi connectivity index (χ1n) is 9.52. The molecule has 9 nitrogen and oxygen atoms in total. The monoisotopic (exact) mass is 461 g/mol. The molecule has 10 heteroatoms. The number of esters is 1. The Morgan fingerprint density at radius 2 is 1.91 bits per heavy atom. The molecule has 0 fully saturated rings. The molecule has 0 saturated carbocycles. The van der Waals surface area contributed by atoms with Crippen LogP contribution >= 0.6 is 12.4 Å². The lowest BCUT2D eigenvalue weighted by atomic mass is 10.1. The fourth-order valence-electron chi connectivity index (χ4n) is 2.79. The highest BCUT2D eigenvalue weighted by Crippen LogP contribution is 2.28. The van der Waals surface area contributed by atoms with Gasteiger partial charge in [0, 0.05) is 12.4 Å². The van der Waals surface area contributed by atoms with Crippen molar-refractivity contribution in [1.82, 2.24) is 9.55 Å². The maximum absolute atomic E-state index is 12.5. The van der Waals surface area contributed by atoms with Crippen molar-refractivity contribution < 1.29 is 28.9 Å². The van der Waals surface area contributed by atoms with Gasteiger partial charge in [-0.2, -0.15) is 0 Å². The Morgan fingerprint density at radius 3 is 2.53 bits per heavy atom. The van der Waals surface area contributed by atoms with Crippen LogP contribution in [0.3, 0.4) is 0 Å². The summed E-state index contributed by atoms with van der Waals surface area (Å²) in [6.45, 7) is 1.04. The van der Waals surface area contributed by atoms with Crippen LogP contribution in [-0.2, 0) is 17.8 Å². The average Bonchev–Trinajstić information content (AvgIpc) is 3.28. The third-order valence-corrected chi connectivity index (χ3v) is 4.47. The lowest BCUT2D eigenvalue weighted by molar-refractivity contribution is -0.138. The van der Waals surface area contributed by atoms with E-state index in [-0.39, 0.29) is 18.8 Å². The van der Waals surface area contributed by atoms with Gasteiger partial charge in [0.05, 0.1) is 25.5 Å². The van der Waals surface area contributed by atoms with Crippen LogP contribution in [0.25, 0.3) is 0 Å². The third kappa shape index (κ3) is 6.73. The standard InChI is InChI=1S/C22H23N3O6.ClH/c1-29-20-13-16(4-7-19(20)30-11-10-25-9-8-24-14-25)22(28)31-17-5-2-15(3-6-17)12-18(23)21(26)27;/h2-9,13-14,18H,10-12,23H2,1H3,(H,26,27);1H/t18-;/m1./s1. The second-order valence-corrected chi connectivity index (χ2v) is 6.70. The van der Waals surface area contributed by atoms with Crippen molar-refractivity contribution in [1.29, 1.82) is 0 Å². The molecule has 170 valence electrons. The summed E-state index contributed by atoms with van der Waals surface area (Å²) >= 11 is 0. The molecule has 1 atom stereocenters. The molecule has 0 amide bonds. The SMILES string of the molecule is COc1cc(C(=O)Oc2ccc(C[C@@H](N)C(=O)O)cc2)ccc1OCCn1ccnc1.Cl. The number of carbonyl (C=O) groups is 2. The molecule has 1 aromatic heterocycles. The van der Waals surface area contributed by atoms with Crippen molar-refractivity contribution in [3.8, 4) is 17.2 Å². The van der Waals surface area contributed by atoms with Gasteiger partial charge >= 0.3 is 11.9 Å². The minimum Gasteiger partial charge on any atom is -0.493 e. The van der Waals surface area contributed by atoms with Crippen LogP contribution in [0.2, 0.25) is 0 Å². The van der Waals surface area contributed by atoms with E-state index in [1.54, 1.807) is 55.0 Å². The van der Waals surface area contributed by atoms with Crippen molar-refractivity contribution in [2.75, 3.05) is 13.7 Å². The van der Waals surface area contributed by atoms with Crippen molar-refractivity contribution in [3.63, 3.8) is 0 Å². The van der Waals surface area contributed by atoms with Crippen LogP contribution in [-0.4, -0.2) is 46.4 Å². The number of nitrogens with zero attached hydrogens (tertiary/aromatic N) is 2. The predicted octanol–water partition coefficient (Wildman–Crippen LogP) is 2.57. The topological polar surface area (TPSA) is 126 Å². The van der Waals surface area contributed by atoms with Gasteiger partial charge in [-0.1, -0.05) is 12.1 Å². The van der Waals surface area contributed by atoms with Crippen molar-refractivity contribution in [3.05, 3.63) is 72.3 Å². The number of nitrogens with two attached hydrogens (primary N) is 1. The number of methoxy groups -OCH3 is 1. The van der Waals surface area contributed by atoms with Crippen molar-refractivity contribution in [2.45, 2.75) is 19.0 Å². The minimum atomic E-state index is -1.07. The molecule has 0 radical (unpaired) electrons. The summed E-state index contributed by atoms with van der Waals surface area (Å²) < 4.78 is 18.3. The van der Waals surface area contributed by atoms with Gasteiger partial charge in [0.25, 0.3) is 0 Å². The molecule has 3 rings (SSSR count). The van der Waals surface area contributed by atoms with Gasteiger partial charge < -0.3 is 29.6 Å². The average molecular weight is 462 g/mol. The van der Waals surface area contributed by atoms with E-state index in [2.05, 4.69) is 4.98 Å². The van der Waals surface area contributed by atoms with E-state index in [1.165, 1.54) is 7.11 Å². The number of rotatable bonds is 10. The second-order valence-electron chi connectivity index (χ2n) is 6.70. The molecule has 2 aromatic carbocycles. The van der Waals surface area contributed by atoms with Crippen molar-refractivity contribution >= 4 is 24.3 Å². The van der Waals surface area contributed by atoms with E-state index in [4.69, 9.17) is 25.1 Å². The first-order chi connectivity index (χ1) is 15.0. The number of benzene rings is 2. The quantitative estimate of drug-likeness (QED) is 0.348. The van der Waals surface area contributed by atoms with E-state index >= 15 is 0 Å². The van der Waals surface area contributed by atoms with E-state index < -0.39 is 18.0 Å². The Morgan fingerprint density at radius 1 is 1.16 bits per heavy atom. The number of aromatic nitrogens is 2. The lowest BCUT2D eigenvalue weighted by Gasteiger charge is -2.12. The van der Waals surface area contributed by atoms with Gasteiger partial charge in [0.2, 0.25) is 0 Å². The molecule has 32 heavy (non-hydrogen) atoms. The van der Waals surface area contributed by atoms with E-state index in [0.717, 1.165) is 5.56 Å². The Hall–Kier alpha value is -3.56. The van der Waals surface area contributed by atoms with Crippen LogP contribution in [0.1, 0.15) is 15.9 Å². The Balaban J connectivity index is 0.00000363. The highest BCUT2D eigenvalue weighted by molar-refractivity contribution is 5.91. The van der Waals surface area contributed by atoms with Crippen LogP contribution < -0.4 is 19.9 Å². The van der Waals surface area contributed by atoms with Crippen LogP contribution in [0.5, 0.6) is 17.2 Å². The van der Waals surface area contributed by atoms with Crippen molar-refractivity contribution in [2.24, 2.45) is 5.73 Å². The number of hydrogen-bond donors (Lipinski definition) is 2. The second kappa shape index (κ2) is 11.7. The van der Waals surface area contributed by atoms with Gasteiger partial charge in [-0.3, -0.25) is 4.79 Å². The molecule has 3 aromatic rings. The summed E-state index contributed by atoms with van der Waals surface area (Å²) in [4.78, 5) is 27.3. The lowest BCUT2D eigenvalue weighted by Crippen LogP contribution is -2.32. The molecule has 0 spiro atoms. The number of imidazole rings is 1. The number of ether oxygens (including phenoxy) is 3. The fourth-order valence-corrected chi connectivity index (χ4v) is 2.79. The number of carbonyl (C=O) groups excluding carboxylic acids is 1. The first kappa shape index (κ1) is 24.7. The normalized spacial score (nSPS) is 11.2. The summed E-state index contributed by atoms with van der Waals surface area (Å²) in [5.74, 6) is -0.370. The van der Waals surface area contributed by atoms with Gasteiger partial charge in [0.1, 0.15) is 18.4 Å². The van der Waals surface area contributed by atoms with Crippen LogP contribution in [0, 0.1) is 0 Å². The van der Waals surface area contributed by atoms with Crippen LogP contribution in [0.4, 0.5) is 0 Å². The third-order valence-electron chi connectivity index (χ3n) is 4.47. The molecule has 0 saturated heterocycles. The molecule has 1 heterocycles. The van der Waals surface area contributed by atoms with Gasteiger partial charge in [-0.05, 0) is 42.3 Å². The Labute approximate surface area is 191 Å². The van der Waals surface area contributed by atoms with Gasteiger partial charge in [-0.15, -0.1) is 12.4 Å². The predicted molar refractivity (Wildman–Crippen MR) is 119 cm³/mol. The van der Waals surface area contributed by atoms with Crippen LogP contribution in [0.15, 0.2) is 61.2 Å². The summed E-state index contributed by atoms with van der Waals surface area (Å²) in [7, 11) is 1.49. The molecule has 0 bridgehead atoms. The van der Waals surface area contributed by atoms with Gasteiger partial charge in [0.15, 0.2) is 11.5 Å². The first-order valence-corrected chi connectivity index (χ1v) is 9.52.